The van der Waals surface area contributed by atoms with Gasteiger partial charge >= 0.3 is 17.9 Å². The van der Waals surface area contributed by atoms with E-state index in [9.17, 15) is 14.4 Å². The monoisotopic (exact) mass is 543 g/mol. The van der Waals surface area contributed by atoms with E-state index in [0.717, 1.165) is 22.0 Å². The van der Waals surface area contributed by atoms with Gasteiger partial charge in [-0.15, -0.1) is 0 Å². The van der Waals surface area contributed by atoms with Crippen molar-refractivity contribution in [3.63, 3.8) is 0 Å². The summed E-state index contributed by atoms with van der Waals surface area (Å²) in [7, 11) is 0. The first-order chi connectivity index (χ1) is 18.2. The molecule has 3 aromatic rings. The molecule has 0 spiro atoms. The quantitative estimate of drug-likeness (QED) is 0.337. The summed E-state index contributed by atoms with van der Waals surface area (Å²) in [5, 5.41) is 1.33. The third kappa shape index (κ3) is 5.14. The van der Waals surface area contributed by atoms with Crippen LogP contribution in [0.5, 0.6) is 11.5 Å². The van der Waals surface area contributed by atoms with Crippen molar-refractivity contribution in [3.8, 4) is 11.5 Å². The summed E-state index contributed by atoms with van der Waals surface area (Å²) >= 11 is 6.66. The molecule has 0 saturated carbocycles. The van der Waals surface area contributed by atoms with Crippen LogP contribution in [0.3, 0.4) is 0 Å². The van der Waals surface area contributed by atoms with E-state index in [1.165, 1.54) is 20.8 Å². The lowest BCUT2D eigenvalue weighted by Gasteiger charge is -2.41. The van der Waals surface area contributed by atoms with Crippen molar-refractivity contribution in [2.45, 2.75) is 51.7 Å². The Morgan fingerprint density at radius 3 is 2.39 bits per heavy atom. The van der Waals surface area contributed by atoms with Gasteiger partial charge in [0.2, 0.25) is 6.79 Å². The van der Waals surface area contributed by atoms with Gasteiger partial charge in [-0.2, -0.15) is 0 Å². The number of esters is 3. The zero-order chi connectivity index (χ0) is 27.0. The fraction of sp³-hybridized carbons (Fsp3) is 0.370. The Hall–Kier alpha value is -3.76. The third-order valence-corrected chi connectivity index (χ3v) is 6.63. The van der Waals surface area contributed by atoms with Crippen molar-refractivity contribution in [2.24, 2.45) is 0 Å². The topological polar surface area (TPSA) is 112 Å². The second-order valence-electron chi connectivity index (χ2n) is 9.08. The number of aromatic nitrogens is 1. The minimum Gasteiger partial charge on any atom is -0.456 e. The van der Waals surface area contributed by atoms with Gasteiger partial charge in [-0.3, -0.25) is 14.4 Å². The number of carbonyl (C=O) groups excluding carboxylic acids is 3. The summed E-state index contributed by atoms with van der Waals surface area (Å²) in [6.07, 6.45) is -1.68. The van der Waals surface area contributed by atoms with Gasteiger partial charge in [-0.25, -0.2) is 0 Å². The minimum atomic E-state index is -1.11. The highest BCUT2D eigenvalue weighted by atomic mass is 35.5. The van der Waals surface area contributed by atoms with E-state index in [-0.39, 0.29) is 13.4 Å². The summed E-state index contributed by atoms with van der Waals surface area (Å²) in [5.41, 5.74) is 2.59. The molecule has 1 saturated heterocycles. The van der Waals surface area contributed by atoms with Gasteiger partial charge in [0, 0.05) is 32.4 Å². The average Bonchev–Trinajstić information content (AvgIpc) is 3.45. The van der Waals surface area contributed by atoms with E-state index in [2.05, 4.69) is 0 Å². The Bertz CT molecular complexity index is 1400. The Kier molecular flexibility index (Phi) is 7.18. The van der Waals surface area contributed by atoms with Crippen LogP contribution in [0, 0.1) is 0 Å². The number of halogens is 1. The van der Waals surface area contributed by atoms with Crippen LogP contribution in [0.1, 0.15) is 38.1 Å². The van der Waals surface area contributed by atoms with Crippen LogP contribution in [-0.2, 0) is 39.8 Å². The number of hydrogen-bond acceptors (Lipinski definition) is 9. The van der Waals surface area contributed by atoms with Crippen LogP contribution in [0.25, 0.3) is 10.9 Å². The van der Waals surface area contributed by atoms with E-state index < -0.39 is 42.4 Å². The lowest BCUT2D eigenvalue weighted by atomic mass is 10.0. The molecular weight excluding hydrogens is 518 g/mol. The lowest BCUT2D eigenvalue weighted by Crippen LogP contribution is -2.55. The first-order valence-corrected chi connectivity index (χ1v) is 12.4. The van der Waals surface area contributed by atoms with E-state index >= 15 is 0 Å². The molecule has 0 N–H and O–H groups in total. The van der Waals surface area contributed by atoms with Gasteiger partial charge in [-0.05, 0) is 41.8 Å². The Balaban J connectivity index is 1.57. The highest BCUT2D eigenvalue weighted by molar-refractivity contribution is 6.35. The summed E-state index contributed by atoms with van der Waals surface area (Å²) in [5.74, 6) is -0.454. The molecular formula is C27H26ClNO9. The number of rotatable bonds is 6. The molecule has 2 aliphatic heterocycles. The van der Waals surface area contributed by atoms with Gasteiger partial charge in [-0.1, -0.05) is 23.7 Å². The Morgan fingerprint density at radius 1 is 0.947 bits per heavy atom. The molecule has 0 radical (unpaired) electrons. The SMILES string of the molecule is CC(=O)O[C@@H]1[C@@H](OC(C)=O)[C@H](OC(C)=O)CO[C@H]1n1cc(Cc2ccc3c(c2)OCO3)c2c(Cl)cccc21. The van der Waals surface area contributed by atoms with E-state index in [1.807, 2.05) is 30.5 Å². The Labute approximate surface area is 223 Å². The molecule has 200 valence electrons. The number of nitrogens with zero attached hydrogens (tertiary/aromatic N) is 1. The number of ether oxygens (including phenoxy) is 6. The predicted octanol–water partition coefficient (Wildman–Crippen LogP) is 3.94. The van der Waals surface area contributed by atoms with Crippen LogP contribution >= 0.6 is 11.6 Å². The van der Waals surface area contributed by atoms with Crippen LogP contribution < -0.4 is 9.47 Å². The van der Waals surface area contributed by atoms with Crippen molar-refractivity contribution in [2.75, 3.05) is 13.4 Å². The molecule has 1 aromatic heterocycles. The van der Waals surface area contributed by atoms with E-state index in [1.54, 1.807) is 16.7 Å². The highest BCUT2D eigenvalue weighted by Gasteiger charge is 2.48. The standard InChI is InChI=1S/C27H26ClNO9/c1-14(30)36-23-12-33-27(26(38-16(3)32)25(23)37-15(2)31)29-11-18(24-19(28)5-4-6-20(24)29)9-17-7-8-21-22(10-17)35-13-34-21/h4-8,10-11,23,25-27H,9,12-13H2,1-3H3/t23-,25+,26-,27-/m1/s1. The number of carbonyl (C=O) groups is 3. The molecule has 0 amide bonds. The molecule has 4 atom stereocenters. The Morgan fingerprint density at radius 2 is 1.66 bits per heavy atom. The second kappa shape index (κ2) is 10.5. The van der Waals surface area contributed by atoms with Gasteiger partial charge in [0.05, 0.1) is 17.1 Å². The molecule has 3 heterocycles. The van der Waals surface area contributed by atoms with Gasteiger partial charge in [0.15, 0.2) is 36.0 Å². The van der Waals surface area contributed by atoms with Crippen molar-refractivity contribution in [3.05, 3.63) is 58.7 Å². The van der Waals surface area contributed by atoms with Crippen LogP contribution in [0.15, 0.2) is 42.6 Å². The molecule has 0 bridgehead atoms. The van der Waals surface area contributed by atoms with E-state index in [0.29, 0.717) is 22.9 Å². The molecule has 11 heteroatoms. The van der Waals surface area contributed by atoms with Crippen LogP contribution in [0.4, 0.5) is 0 Å². The summed E-state index contributed by atoms with van der Waals surface area (Å²) in [6.45, 7) is 3.80. The number of hydrogen-bond donors (Lipinski definition) is 0. The fourth-order valence-electron chi connectivity index (χ4n) is 4.92. The molecule has 1 fully saturated rings. The van der Waals surface area contributed by atoms with Crippen molar-refractivity contribution < 1.29 is 42.8 Å². The maximum Gasteiger partial charge on any atom is 0.303 e. The van der Waals surface area contributed by atoms with Crippen molar-refractivity contribution >= 4 is 40.4 Å². The molecule has 10 nitrogen and oxygen atoms in total. The normalized spacial score (nSPS) is 22.2. The second-order valence-corrected chi connectivity index (χ2v) is 9.49. The molecule has 2 aliphatic rings. The zero-order valence-electron chi connectivity index (χ0n) is 21.0. The first-order valence-electron chi connectivity index (χ1n) is 12.0. The third-order valence-electron chi connectivity index (χ3n) is 6.32. The van der Waals surface area contributed by atoms with Crippen LogP contribution in [-0.4, -0.2) is 54.2 Å². The molecule has 38 heavy (non-hydrogen) atoms. The minimum absolute atomic E-state index is 0.0856. The number of benzene rings is 2. The lowest BCUT2D eigenvalue weighted by molar-refractivity contribution is -0.239. The smallest absolute Gasteiger partial charge is 0.303 e. The molecule has 5 rings (SSSR count). The molecule has 2 aromatic carbocycles. The molecule has 0 aliphatic carbocycles. The zero-order valence-corrected chi connectivity index (χ0v) is 21.7. The van der Waals surface area contributed by atoms with Crippen molar-refractivity contribution in [1.29, 1.82) is 0 Å². The summed E-state index contributed by atoms with van der Waals surface area (Å²) in [4.78, 5) is 35.8. The predicted molar refractivity (Wildman–Crippen MR) is 134 cm³/mol. The van der Waals surface area contributed by atoms with Gasteiger partial charge in [0.25, 0.3) is 0 Å². The fourth-order valence-corrected chi connectivity index (χ4v) is 5.22. The largest absolute Gasteiger partial charge is 0.456 e. The highest BCUT2D eigenvalue weighted by Crippen LogP contribution is 2.39. The van der Waals surface area contributed by atoms with Crippen molar-refractivity contribution in [1.82, 2.24) is 4.57 Å². The van der Waals surface area contributed by atoms with Crippen LogP contribution in [0.2, 0.25) is 5.02 Å². The maximum absolute atomic E-state index is 12.1. The number of fused-ring (bicyclic) bond motifs is 2. The molecule has 0 unspecified atom stereocenters. The van der Waals surface area contributed by atoms with Gasteiger partial charge < -0.3 is 33.0 Å². The van der Waals surface area contributed by atoms with E-state index in [4.69, 9.17) is 40.0 Å². The summed E-state index contributed by atoms with van der Waals surface area (Å²) < 4.78 is 35.3. The van der Waals surface area contributed by atoms with Gasteiger partial charge in [0.1, 0.15) is 0 Å². The first kappa shape index (κ1) is 25.9. The average molecular weight is 544 g/mol. The maximum atomic E-state index is 12.1. The summed E-state index contributed by atoms with van der Waals surface area (Å²) in [6, 6.07) is 11.2.